The minimum atomic E-state index is 0. The average Bonchev–Trinajstić information content (AvgIpc) is 2.54. The fourth-order valence-electron chi connectivity index (χ4n) is 3.05. The number of nitrogens with two attached hydrogens (primary N) is 1. The summed E-state index contributed by atoms with van der Waals surface area (Å²) >= 11 is 0. The van der Waals surface area contributed by atoms with E-state index in [0.717, 1.165) is 53.9 Å². The number of carbonyl (C=O) groups excluding carboxylic acids is 1. The van der Waals surface area contributed by atoms with Crippen molar-refractivity contribution in [3.8, 4) is 0 Å². The second kappa shape index (κ2) is 6.84. The van der Waals surface area contributed by atoms with E-state index in [1.807, 2.05) is 47.4 Å². The summed E-state index contributed by atoms with van der Waals surface area (Å²) in [4.78, 5) is 14.8. The van der Waals surface area contributed by atoms with Crippen LogP contribution in [0.2, 0.25) is 0 Å². The molecule has 3 nitrogen and oxygen atoms in total. The Bertz CT molecular complexity index is 685. The van der Waals surface area contributed by atoms with Crippen molar-refractivity contribution in [3.05, 3.63) is 59.2 Å². The number of benzene rings is 2. The summed E-state index contributed by atoms with van der Waals surface area (Å²) in [7, 11) is 0. The molecule has 0 bridgehead atoms. The molecule has 2 N–H and O–H groups in total. The van der Waals surface area contributed by atoms with Crippen molar-refractivity contribution in [2.24, 2.45) is 0 Å². The van der Waals surface area contributed by atoms with E-state index < -0.39 is 0 Å². The van der Waals surface area contributed by atoms with Gasteiger partial charge in [-0.25, -0.2) is 0 Å². The third kappa shape index (κ3) is 2.81. The van der Waals surface area contributed by atoms with Crippen LogP contribution in [0, 0.1) is 0 Å². The lowest BCUT2D eigenvalue weighted by Gasteiger charge is -2.30. The van der Waals surface area contributed by atoms with Crippen molar-refractivity contribution in [3.63, 3.8) is 0 Å². The zero-order chi connectivity index (χ0) is 14.8. The summed E-state index contributed by atoms with van der Waals surface area (Å²) in [5.41, 5.74) is 10.8. The fraction of sp³-hybridized carbons (Fsp3) is 0.278. The Morgan fingerprint density at radius 1 is 1.18 bits per heavy atom. The normalized spacial score (nSPS) is 13.2. The molecule has 22 heavy (non-hydrogen) atoms. The van der Waals surface area contributed by atoms with Crippen LogP contribution < -0.4 is 10.6 Å². The van der Waals surface area contributed by atoms with E-state index in [1.54, 1.807) is 0 Å². The van der Waals surface area contributed by atoms with Gasteiger partial charge < -0.3 is 10.6 Å². The minimum absolute atomic E-state index is 0. The lowest BCUT2D eigenvalue weighted by molar-refractivity contribution is 0.0984. The van der Waals surface area contributed by atoms with Gasteiger partial charge in [0.25, 0.3) is 5.91 Å². The highest BCUT2D eigenvalue weighted by molar-refractivity contribution is 6.08. The van der Waals surface area contributed by atoms with E-state index in [4.69, 9.17) is 5.73 Å². The SMILES string of the molecule is CCc1ccccc1C(=O)N1CCCc2c(N)cccc21.Cl. The number of halogens is 1. The smallest absolute Gasteiger partial charge is 0.258 e. The number of hydrogen-bond acceptors (Lipinski definition) is 2. The van der Waals surface area contributed by atoms with Crippen molar-refractivity contribution in [2.75, 3.05) is 17.2 Å². The first kappa shape index (κ1) is 16.4. The van der Waals surface area contributed by atoms with E-state index in [0.29, 0.717) is 0 Å². The number of aryl methyl sites for hydroxylation is 1. The molecule has 0 atom stereocenters. The highest BCUT2D eigenvalue weighted by atomic mass is 35.5. The summed E-state index contributed by atoms with van der Waals surface area (Å²) in [6, 6.07) is 13.7. The third-order valence-corrected chi connectivity index (χ3v) is 4.16. The Morgan fingerprint density at radius 2 is 1.95 bits per heavy atom. The number of carbonyl (C=O) groups is 1. The maximum Gasteiger partial charge on any atom is 0.258 e. The molecule has 0 aromatic heterocycles. The van der Waals surface area contributed by atoms with Crippen LogP contribution in [0.3, 0.4) is 0 Å². The molecule has 0 radical (unpaired) electrons. The fourth-order valence-corrected chi connectivity index (χ4v) is 3.05. The monoisotopic (exact) mass is 316 g/mol. The molecule has 0 saturated heterocycles. The molecule has 0 fully saturated rings. The van der Waals surface area contributed by atoms with Crippen LogP contribution in [0.5, 0.6) is 0 Å². The van der Waals surface area contributed by atoms with Gasteiger partial charge in [0, 0.05) is 23.5 Å². The minimum Gasteiger partial charge on any atom is -0.398 e. The second-order valence-corrected chi connectivity index (χ2v) is 5.42. The number of anilines is 2. The summed E-state index contributed by atoms with van der Waals surface area (Å²) in [5.74, 6) is 0.0824. The molecule has 4 heteroatoms. The molecular weight excluding hydrogens is 296 g/mol. The Kier molecular flexibility index (Phi) is 5.09. The zero-order valence-corrected chi connectivity index (χ0v) is 13.5. The Labute approximate surface area is 137 Å². The summed E-state index contributed by atoms with van der Waals surface area (Å²) in [5, 5.41) is 0. The molecule has 1 heterocycles. The molecular formula is C18H21ClN2O. The van der Waals surface area contributed by atoms with Crippen molar-refractivity contribution >= 4 is 29.7 Å². The van der Waals surface area contributed by atoms with E-state index in [9.17, 15) is 4.79 Å². The number of nitrogens with zero attached hydrogens (tertiary/aromatic N) is 1. The maximum absolute atomic E-state index is 12.9. The van der Waals surface area contributed by atoms with Crippen molar-refractivity contribution in [1.29, 1.82) is 0 Å². The second-order valence-electron chi connectivity index (χ2n) is 5.42. The van der Waals surface area contributed by atoms with Crippen LogP contribution in [-0.4, -0.2) is 12.5 Å². The van der Waals surface area contributed by atoms with Crippen LogP contribution in [0.4, 0.5) is 11.4 Å². The van der Waals surface area contributed by atoms with Crippen LogP contribution in [0.15, 0.2) is 42.5 Å². The summed E-state index contributed by atoms with van der Waals surface area (Å²) in [6.45, 7) is 2.83. The quantitative estimate of drug-likeness (QED) is 0.855. The standard InChI is InChI=1S/C18H20N2O.ClH/c1-2-13-7-3-4-8-14(13)18(21)20-12-6-9-15-16(19)10-5-11-17(15)20;/h3-5,7-8,10-11H,2,6,9,12,19H2,1H3;1H. The predicted molar refractivity (Wildman–Crippen MR) is 93.9 cm³/mol. The molecule has 1 aliphatic rings. The van der Waals surface area contributed by atoms with Gasteiger partial charge in [0.1, 0.15) is 0 Å². The van der Waals surface area contributed by atoms with E-state index in [2.05, 4.69) is 6.92 Å². The van der Waals surface area contributed by atoms with E-state index in [-0.39, 0.29) is 18.3 Å². The van der Waals surface area contributed by atoms with Crippen LogP contribution >= 0.6 is 12.4 Å². The number of hydrogen-bond donors (Lipinski definition) is 1. The first-order valence-electron chi connectivity index (χ1n) is 7.49. The van der Waals surface area contributed by atoms with Gasteiger partial charge in [-0.3, -0.25) is 4.79 Å². The Balaban J connectivity index is 0.00000176. The number of amides is 1. The molecule has 0 saturated carbocycles. The zero-order valence-electron chi connectivity index (χ0n) is 12.7. The summed E-state index contributed by atoms with van der Waals surface area (Å²) in [6.07, 6.45) is 2.77. The topological polar surface area (TPSA) is 46.3 Å². The molecule has 0 aliphatic carbocycles. The largest absolute Gasteiger partial charge is 0.398 e. The van der Waals surface area contributed by atoms with Crippen LogP contribution in [-0.2, 0) is 12.8 Å². The van der Waals surface area contributed by atoms with Gasteiger partial charge in [-0.15, -0.1) is 12.4 Å². The maximum atomic E-state index is 12.9. The van der Waals surface area contributed by atoms with Crippen molar-refractivity contribution in [2.45, 2.75) is 26.2 Å². The molecule has 0 unspecified atom stereocenters. The highest BCUT2D eigenvalue weighted by Crippen LogP contribution is 2.32. The Hall–Kier alpha value is -2.00. The first-order chi connectivity index (χ1) is 10.2. The van der Waals surface area contributed by atoms with Gasteiger partial charge in [-0.2, -0.15) is 0 Å². The van der Waals surface area contributed by atoms with Gasteiger partial charge in [0.15, 0.2) is 0 Å². The van der Waals surface area contributed by atoms with E-state index in [1.165, 1.54) is 0 Å². The lowest BCUT2D eigenvalue weighted by Crippen LogP contribution is -2.36. The molecule has 116 valence electrons. The Morgan fingerprint density at radius 3 is 2.73 bits per heavy atom. The van der Waals surface area contributed by atoms with Gasteiger partial charge in [-0.1, -0.05) is 31.2 Å². The highest BCUT2D eigenvalue weighted by Gasteiger charge is 2.25. The van der Waals surface area contributed by atoms with Crippen molar-refractivity contribution < 1.29 is 4.79 Å². The molecule has 3 rings (SSSR count). The van der Waals surface area contributed by atoms with Gasteiger partial charge >= 0.3 is 0 Å². The van der Waals surface area contributed by atoms with Crippen molar-refractivity contribution in [1.82, 2.24) is 0 Å². The van der Waals surface area contributed by atoms with Crippen LogP contribution in [0.25, 0.3) is 0 Å². The molecule has 2 aromatic rings. The average molecular weight is 317 g/mol. The molecule has 1 aliphatic heterocycles. The number of rotatable bonds is 2. The predicted octanol–water partition coefficient (Wildman–Crippen LogP) is 3.85. The van der Waals surface area contributed by atoms with Gasteiger partial charge in [0.2, 0.25) is 0 Å². The van der Waals surface area contributed by atoms with Gasteiger partial charge in [-0.05, 0) is 48.6 Å². The van der Waals surface area contributed by atoms with E-state index >= 15 is 0 Å². The first-order valence-corrected chi connectivity index (χ1v) is 7.49. The molecule has 1 amide bonds. The number of nitrogen functional groups attached to an aromatic ring is 1. The molecule has 2 aromatic carbocycles. The lowest BCUT2D eigenvalue weighted by atomic mass is 9.97. The third-order valence-electron chi connectivity index (χ3n) is 4.16. The number of fused-ring (bicyclic) bond motifs is 1. The molecule has 0 spiro atoms. The summed E-state index contributed by atoms with van der Waals surface area (Å²) < 4.78 is 0. The van der Waals surface area contributed by atoms with Crippen LogP contribution in [0.1, 0.15) is 34.8 Å². The van der Waals surface area contributed by atoms with Gasteiger partial charge in [0.05, 0.1) is 0 Å².